The van der Waals surface area contributed by atoms with Crippen LogP contribution in [0.5, 0.6) is 0 Å². The van der Waals surface area contributed by atoms with Gasteiger partial charge in [-0.3, -0.25) is 0 Å². The summed E-state index contributed by atoms with van der Waals surface area (Å²) in [6.07, 6.45) is 6.34. The molecule has 2 nitrogen and oxygen atoms in total. The third-order valence-electron chi connectivity index (χ3n) is 2.53. The van der Waals surface area contributed by atoms with Crippen molar-refractivity contribution < 1.29 is 9.90 Å². The molecule has 0 spiro atoms. The van der Waals surface area contributed by atoms with E-state index >= 15 is 0 Å². The second-order valence-electron chi connectivity index (χ2n) is 3.91. The molecule has 84 valence electrons. The van der Waals surface area contributed by atoms with Crippen molar-refractivity contribution in [1.29, 1.82) is 0 Å². The number of terminal acetylenes is 1. The van der Waals surface area contributed by atoms with Crippen LogP contribution in [0.4, 0.5) is 0 Å². The van der Waals surface area contributed by atoms with Gasteiger partial charge in [0.05, 0.1) is 6.61 Å². The van der Waals surface area contributed by atoms with Gasteiger partial charge in [0, 0.05) is 18.8 Å². The molecule has 1 N–H and O–H groups in total. The number of carbonyl (C=O) groups is 1. The van der Waals surface area contributed by atoms with Crippen molar-refractivity contribution in [1.82, 2.24) is 0 Å². The number of rotatable bonds is 5. The van der Waals surface area contributed by atoms with E-state index in [1.54, 1.807) is 6.92 Å². The standard InChI is InChI=1S/C14H16O2/c1-3-4-14(9-11(2)16)13-7-5-12(10-15)6-8-13/h1,5-8,14-15H,4,9-10H2,2H3. The highest BCUT2D eigenvalue weighted by atomic mass is 16.3. The summed E-state index contributed by atoms with van der Waals surface area (Å²) in [7, 11) is 0. The lowest BCUT2D eigenvalue weighted by Crippen LogP contribution is -2.04. The van der Waals surface area contributed by atoms with Crippen LogP contribution in [-0.2, 0) is 11.4 Å². The lowest BCUT2D eigenvalue weighted by molar-refractivity contribution is -0.117. The molecule has 0 bridgehead atoms. The maximum atomic E-state index is 11.1. The summed E-state index contributed by atoms with van der Waals surface area (Å²) in [6.45, 7) is 1.61. The predicted molar refractivity (Wildman–Crippen MR) is 63.9 cm³/mol. The summed E-state index contributed by atoms with van der Waals surface area (Å²) in [5.41, 5.74) is 1.93. The van der Waals surface area contributed by atoms with Crippen LogP contribution in [0.1, 0.15) is 36.8 Å². The molecule has 0 saturated heterocycles. The molecule has 1 aromatic carbocycles. The highest BCUT2D eigenvalue weighted by Gasteiger charge is 2.12. The van der Waals surface area contributed by atoms with E-state index in [9.17, 15) is 4.79 Å². The zero-order valence-electron chi connectivity index (χ0n) is 9.44. The predicted octanol–water partition coefficient (Wildman–Crippen LogP) is 2.26. The first kappa shape index (κ1) is 12.5. The van der Waals surface area contributed by atoms with Crippen LogP contribution < -0.4 is 0 Å². The Bertz CT molecular complexity index is 384. The third kappa shape index (κ3) is 3.52. The molecular weight excluding hydrogens is 200 g/mol. The smallest absolute Gasteiger partial charge is 0.130 e. The number of hydrogen-bond donors (Lipinski definition) is 1. The fourth-order valence-electron chi connectivity index (χ4n) is 1.69. The van der Waals surface area contributed by atoms with Crippen LogP contribution >= 0.6 is 0 Å². The summed E-state index contributed by atoms with van der Waals surface area (Å²) in [5.74, 6) is 2.84. The topological polar surface area (TPSA) is 37.3 Å². The minimum absolute atomic E-state index is 0.0345. The molecule has 0 radical (unpaired) electrons. The molecule has 0 aliphatic heterocycles. The fourth-order valence-corrected chi connectivity index (χ4v) is 1.69. The number of carbonyl (C=O) groups excluding carboxylic acids is 1. The summed E-state index contributed by atoms with van der Waals surface area (Å²) >= 11 is 0. The van der Waals surface area contributed by atoms with Crippen LogP contribution in [0.15, 0.2) is 24.3 Å². The molecule has 0 heterocycles. The first-order valence-electron chi connectivity index (χ1n) is 5.30. The Morgan fingerprint density at radius 3 is 2.50 bits per heavy atom. The van der Waals surface area contributed by atoms with Crippen molar-refractivity contribution in [2.24, 2.45) is 0 Å². The van der Waals surface area contributed by atoms with E-state index in [-0.39, 0.29) is 18.3 Å². The largest absolute Gasteiger partial charge is 0.392 e. The Morgan fingerprint density at radius 2 is 2.06 bits per heavy atom. The molecule has 1 rings (SSSR count). The summed E-state index contributed by atoms with van der Waals surface area (Å²) in [6, 6.07) is 7.57. The van der Waals surface area contributed by atoms with Gasteiger partial charge in [-0.05, 0) is 18.1 Å². The Morgan fingerprint density at radius 1 is 1.44 bits per heavy atom. The van der Waals surface area contributed by atoms with E-state index in [0.717, 1.165) is 11.1 Å². The minimum Gasteiger partial charge on any atom is -0.392 e. The average molecular weight is 216 g/mol. The summed E-state index contributed by atoms with van der Waals surface area (Å²) in [5, 5.41) is 8.93. The van der Waals surface area contributed by atoms with Gasteiger partial charge in [-0.25, -0.2) is 0 Å². The third-order valence-corrected chi connectivity index (χ3v) is 2.53. The highest BCUT2D eigenvalue weighted by molar-refractivity contribution is 5.76. The average Bonchev–Trinajstić information content (AvgIpc) is 2.28. The van der Waals surface area contributed by atoms with E-state index in [1.165, 1.54) is 0 Å². The second-order valence-corrected chi connectivity index (χ2v) is 3.91. The molecule has 1 aromatic rings. The van der Waals surface area contributed by atoms with Gasteiger partial charge in [0.15, 0.2) is 0 Å². The molecule has 0 saturated carbocycles. The molecule has 0 amide bonds. The number of aliphatic hydroxyl groups excluding tert-OH is 1. The van der Waals surface area contributed by atoms with Gasteiger partial charge in [-0.2, -0.15) is 0 Å². The number of hydrogen-bond acceptors (Lipinski definition) is 2. The molecule has 16 heavy (non-hydrogen) atoms. The normalized spacial score (nSPS) is 11.8. The van der Waals surface area contributed by atoms with E-state index in [1.807, 2.05) is 24.3 Å². The van der Waals surface area contributed by atoms with Crippen LogP contribution in [0, 0.1) is 12.3 Å². The lowest BCUT2D eigenvalue weighted by atomic mass is 9.91. The Balaban J connectivity index is 2.84. The van der Waals surface area contributed by atoms with Gasteiger partial charge in [-0.1, -0.05) is 24.3 Å². The highest BCUT2D eigenvalue weighted by Crippen LogP contribution is 2.23. The van der Waals surface area contributed by atoms with Gasteiger partial charge in [0.1, 0.15) is 5.78 Å². The fraction of sp³-hybridized carbons (Fsp3) is 0.357. The van der Waals surface area contributed by atoms with Crippen molar-refractivity contribution in [3.05, 3.63) is 35.4 Å². The zero-order valence-corrected chi connectivity index (χ0v) is 9.44. The second kappa shape index (κ2) is 6.09. The Labute approximate surface area is 96.3 Å². The van der Waals surface area contributed by atoms with Crippen molar-refractivity contribution in [3.8, 4) is 12.3 Å². The van der Waals surface area contributed by atoms with Crippen molar-refractivity contribution >= 4 is 5.78 Å². The van der Waals surface area contributed by atoms with E-state index in [4.69, 9.17) is 11.5 Å². The number of Topliss-reactive ketones (excluding diaryl/α,β-unsaturated/α-hetero) is 1. The van der Waals surface area contributed by atoms with E-state index in [0.29, 0.717) is 12.8 Å². The quantitative estimate of drug-likeness (QED) is 0.766. The lowest BCUT2D eigenvalue weighted by Gasteiger charge is -2.13. The molecule has 0 aliphatic carbocycles. The molecule has 2 heteroatoms. The van der Waals surface area contributed by atoms with Gasteiger partial charge in [0.25, 0.3) is 0 Å². The first-order chi connectivity index (χ1) is 7.67. The number of benzene rings is 1. The molecule has 1 atom stereocenters. The molecule has 0 aromatic heterocycles. The summed E-state index contributed by atoms with van der Waals surface area (Å²) in [4.78, 5) is 11.1. The minimum atomic E-state index is 0.0345. The molecule has 1 unspecified atom stereocenters. The van der Waals surface area contributed by atoms with Gasteiger partial charge < -0.3 is 9.90 Å². The van der Waals surface area contributed by atoms with Crippen molar-refractivity contribution in [3.63, 3.8) is 0 Å². The van der Waals surface area contributed by atoms with Crippen LogP contribution in [-0.4, -0.2) is 10.9 Å². The summed E-state index contributed by atoms with van der Waals surface area (Å²) < 4.78 is 0. The SMILES string of the molecule is C#CCC(CC(C)=O)c1ccc(CO)cc1. The zero-order chi connectivity index (χ0) is 12.0. The van der Waals surface area contributed by atoms with E-state index in [2.05, 4.69) is 5.92 Å². The monoisotopic (exact) mass is 216 g/mol. The van der Waals surface area contributed by atoms with Gasteiger partial charge in [0.2, 0.25) is 0 Å². The molecule has 0 aliphatic rings. The Kier molecular flexibility index (Phi) is 4.75. The molecule has 0 fully saturated rings. The van der Waals surface area contributed by atoms with Crippen molar-refractivity contribution in [2.75, 3.05) is 0 Å². The maximum absolute atomic E-state index is 11.1. The van der Waals surface area contributed by atoms with Crippen LogP contribution in [0.2, 0.25) is 0 Å². The number of ketones is 1. The van der Waals surface area contributed by atoms with Crippen LogP contribution in [0.25, 0.3) is 0 Å². The van der Waals surface area contributed by atoms with Gasteiger partial charge in [-0.15, -0.1) is 12.3 Å². The molecular formula is C14H16O2. The Hall–Kier alpha value is -1.59. The van der Waals surface area contributed by atoms with Crippen molar-refractivity contribution in [2.45, 2.75) is 32.3 Å². The van der Waals surface area contributed by atoms with Crippen LogP contribution in [0.3, 0.4) is 0 Å². The van der Waals surface area contributed by atoms with Gasteiger partial charge >= 0.3 is 0 Å². The van der Waals surface area contributed by atoms with E-state index < -0.39 is 0 Å². The first-order valence-corrected chi connectivity index (χ1v) is 5.30. The number of aliphatic hydroxyl groups is 1. The maximum Gasteiger partial charge on any atom is 0.130 e.